The Labute approximate surface area is 119 Å². The quantitative estimate of drug-likeness (QED) is 0.452. The Morgan fingerprint density at radius 2 is 1.65 bits per heavy atom. The predicted molar refractivity (Wildman–Crippen MR) is 74.7 cm³/mol. The molecule has 2 fully saturated rings. The zero-order chi connectivity index (χ0) is 15.3. The van der Waals surface area contributed by atoms with E-state index in [1.165, 1.54) is 14.2 Å². The zero-order valence-corrected chi connectivity index (χ0v) is 12.9. The normalized spacial score (nSPS) is 33.2. The molecule has 0 unspecified atom stereocenters. The number of methoxy groups -OCH3 is 2. The first-order valence-corrected chi connectivity index (χ1v) is 6.82. The van der Waals surface area contributed by atoms with Gasteiger partial charge >= 0.3 is 11.9 Å². The average Bonchev–Trinajstić information content (AvgIpc) is 2.87. The number of hydrogen-bond donors (Lipinski definition) is 0. The number of hydrogen-bond acceptors (Lipinski definition) is 4. The van der Waals surface area contributed by atoms with Crippen LogP contribution in [0.3, 0.4) is 0 Å². The van der Waals surface area contributed by atoms with Crippen molar-refractivity contribution in [3.8, 4) is 0 Å². The summed E-state index contributed by atoms with van der Waals surface area (Å²) in [6.07, 6.45) is 4.05. The lowest BCUT2D eigenvalue weighted by molar-refractivity contribution is -0.171. The van der Waals surface area contributed by atoms with Crippen molar-refractivity contribution in [1.29, 1.82) is 0 Å². The second kappa shape index (κ2) is 4.47. The van der Waals surface area contributed by atoms with E-state index in [-0.39, 0.29) is 17.3 Å². The van der Waals surface area contributed by atoms with Crippen LogP contribution in [-0.4, -0.2) is 26.2 Å². The first kappa shape index (κ1) is 14.8. The van der Waals surface area contributed by atoms with Crippen molar-refractivity contribution < 1.29 is 19.1 Å². The third-order valence-electron chi connectivity index (χ3n) is 4.85. The molecular weight excluding hydrogens is 256 g/mol. The van der Waals surface area contributed by atoms with Crippen molar-refractivity contribution in [3.05, 3.63) is 23.3 Å². The van der Waals surface area contributed by atoms with E-state index in [2.05, 4.69) is 13.0 Å². The lowest BCUT2D eigenvalue weighted by Gasteiger charge is -2.39. The summed E-state index contributed by atoms with van der Waals surface area (Å²) in [4.78, 5) is 24.8. The van der Waals surface area contributed by atoms with E-state index in [4.69, 9.17) is 9.47 Å². The first-order chi connectivity index (χ1) is 9.33. The SMILES string of the molecule is C/C=C/[C@]1(C)[C@H]2C(=C(C)C)C(C(=O)OC)(C(=O)OC)[C@H]21. The topological polar surface area (TPSA) is 52.6 Å². The van der Waals surface area contributed by atoms with Gasteiger partial charge in [-0.3, -0.25) is 9.59 Å². The fraction of sp³-hybridized carbons (Fsp3) is 0.625. The Morgan fingerprint density at radius 1 is 1.15 bits per heavy atom. The number of esters is 2. The van der Waals surface area contributed by atoms with Gasteiger partial charge in [0.25, 0.3) is 0 Å². The van der Waals surface area contributed by atoms with E-state index < -0.39 is 17.4 Å². The molecule has 0 aromatic heterocycles. The van der Waals surface area contributed by atoms with Crippen molar-refractivity contribution >= 4 is 11.9 Å². The minimum absolute atomic E-state index is 0.0593. The smallest absolute Gasteiger partial charge is 0.327 e. The Hall–Kier alpha value is -1.58. The summed E-state index contributed by atoms with van der Waals surface area (Å²) in [5.41, 5.74) is 0.461. The maximum atomic E-state index is 12.4. The molecule has 2 rings (SSSR count). The van der Waals surface area contributed by atoms with Gasteiger partial charge in [-0.15, -0.1) is 0 Å². The monoisotopic (exact) mass is 278 g/mol. The summed E-state index contributed by atoms with van der Waals surface area (Å²) >= 11 is 0. The molecule has 0 bridgehead atoms. The van der Waals surface area contributed by atoms with E-state index >= 15 is 0 Å². The predicted octanol–water partition coefficient (Wildman–Crippen LogP) is 2.50. The van der Waals surface area contributed by atoms with Crippen molar-refractivity contribution in [2.75, 3.05) is 14.2 Å². The van der Waals surface area contributed by atoms with Crippen LogP contribution in [0.4, 0.5) is 0 Å². The summed E-state index contributed by atoms with van der Waals surface area (Å²) < 4.78 is 9.86. The Balaban J connectivity index is 2.60. The Bertz CT molecular complexity index is 509. The molecule has 0 spiro atoms. The third-order valence-corrected chi connectivity index (χ3v) is 4.85. The fourth-order valence-electron chi connectivity index (χ4n) is 4.19. The number of carbonyl (C=O) groups excluding carboxylic acids is 2. The minimum atomic E-state index is -1.25. The van der Waals surface area contributed by atoms with Crippen LogP contribution in [0.25, 0.3) is 0 Å². The lowest BCUT2D eigenvalue weighted by atomic mass is 9.62. The van der Waals surface area contributed by atoms with Gasteiger partial charge in [0.15, 0.2) is 5.41 Å². The van der Waals surface area contributed by atoms with Gasteiger partial charge in [-0.25, -0.2) is 0 Å². The molecule has 4 nitrogen and oxygen atoms in total. The third kappa shape index (κ3) is 1.42. The maximum Gasteiger partial charge on any atom is 0.327 e. The molecule has 0 radical (unpaired) electrons. The highest BCUT2D eigenvalue weighted by Gasteiger charge is 2.86. The highest BCUT2D eigenvalue weighted by Crippen LogP contribution is 2.82. The van der Waals surface area contributed by atoms with E-state index in [1.54, 1.807) is 0 Å². The number of ether oxygens (including phenoxy) is 2. The maximum absolute atomic E-state index is 12.4. The van der Waals surface area contributed by atoms with Crippen LogP contribution in [0, 0.1) is 22.7 Å². The van der Waals surface area contributed by atoms with E-state index in [0.717, 1.165) is 11.1 Å². The molecule has 0 aromatic rings. The van der Waals surface area contributed by atoms with E-state index in [1.807, 2.05) is 26.8 Å². The number of fused-ring (bicyclic) bond motifs is 1. The van der Waals surface area contributed by atoms with Crippen molar-refractivity contribution in [1.82, 2.24) is 0 Å². The fourth-order valence-corrected chi connectivity index (χ4v) is 4.19. The molecule has 4 heteroatoms. The molecule has 20 heavy (non-hydrogen) atoms. The van der Waals surface area contributed by atoms with Gasteiger partial charge in [0, 0.05) is 5.92 Å². The second-order valence-electron chi connectivity index (χ2n) is 6.03. The lowest BCUT2D eigenvalue weighted by Crippen LogP contribution is -2.51. The summed E-state index contributed by atoms with van der Waals surface area (Å²) in [5.74, 6) is -0.831. The van der Waals surface area contributed by atoms with Crippen LogP contribution in [0.1, 0.15) is 27.7 Å². The standard InChI is InChI=1S/C16H22O4/c1-7-8-15(4)11-10(9(2)3)16(12(11)15,13(17)19-5)14(18)20-6/h7-8,11-12H,1-6H3/b8-7+/t11-,12+,15+/m0/s1. The molecule has 0 aliphatic heterocycles. The number of allylic oxidation sites excluding steroid dienone is 3. The molecule has 0 heterocycles. The van der Waals surface area contributed by atoms with Gasteiger partial charge < -0.3 is 9.47 Å². The summed E-state index contributed by atoms with van der Waals surface area (Å²) in [6.45, 7) is 7.89. The van der Waals surface area contributed by atoms with E-state index in [0.29, 0.717) is 0 Å². The second-order valence-corrected chi connectivity index (χ2v) is 6.03. The molecule has 110 valence electrons. The van der Waals surface area contributed by atoms with Gasteiger partial charge in [0.1, 0.15) is 0 Å². The minimum Gasteiger partial charge on any atom is -0.468 e. The first-order valence-electron chi connectivity index (χ1n) is 6.82. The molecule has 2 saturated carbocycles. The summed E-state index contributed by atoms with van der Waals surface area (Å²) in [7, 11) is 2.64. The molecule has 0 N–H and O–H groups in total. The van der Waals surface area contributed by atoms with Gasteiger partial charge in [0.05, 0.1) is 14.2 Å². The molecule has 0 saturated heterocycles. The molecule has 2 aliphatic rings. The van der Waals surface area contributed by atoms with Crippen molar-refractivity contribution in [2.45, 2.75) is 27.7 Å². The molecule has 0 aromatic carbocycles. The number of rotatable bonds is 3. The zero-order valence-electron chi connectivity index (χ0n) is 12.9. The number of carbonyl (C=O) groups is 2. The van der Waals surface area contributed by atoms with E-state index in [9.17, 15) is 9.59 Å². The highest BCUT2D eigenvalue weighted by molar-refractivity contribution is 6.08. The highest BCUT2D eigenvalue weighted by atomic mass is 16.5. The van der Waals surface area contributed by atoms with Crippen molar-refractivity contribution in [3.63, 3.8) is 0 Å². The van der Waals surface area contributed by atoms with Gasteiger partial charge in [0.2, 0.25) is 0 Å². The van der Waals surface area contributed by atoms with Gasteiger partial charge in [-0.2, -0.15) is 0 Å². The largest absolute Gasteiger partial charge is 0.468 e. The van der Waals surface area contributed by atoms with Crippen LogP contribution in [0.2, 0.25) is 0 Å². The Kier molecular flexibility index (Phi) is 3.31. The molecule has 0 amide bonds. The molecule has 3 atom stereocenters. The van der Waals surface area contributed by atoms with Gasteiger partial charge in [-0.1, -0.05) is 24.6 Å². The van der Waals surface area contributed by atoms with Crippen LogP contribution >= 0.6 is 0 Å². The van der Waals surface area contributed by atoms with Crippen LogP contribution in [0.15, 0.2) is 23.3 Å². The average molecular weight is 278 g/mol. The summed E-state index contributed by atoms with van der Waals surface area (Å²) in [6, 6.07) is 0. The van der Waals surface area contributed by atoms with Crippen LogP contribution in [-0.2, 0) is 19.1 Å². The van der Waals surface area contributed by atoms with Crippen molar-refractivity contribution in [2.24, 2.45) is 22.7 Å². The Morgan fingerprint density at radius 3 is 2.00 bits per heavy atom. The summed E-state index contributed by atoms with van der Waals surface area (Å²) in [5, 5.41) is 0. The van der Waals surface area contributed by atoms with Crippen LogP contribution in [0.5, 0.6) is 0 Å². The van der Waals surface area contributed by atoms with Crippen LogP contribution < -0.4 is 0 Å². The molecular formula is C16H22O4. The van der Waals surface area contributed by atoms with Gasteiger partial charge in [-0.05, 0) is 37.7 Å². The molecule has 2 aliphatic carbocycles.